The molecule has 1 aliphatic heterocycles. The van der Waals surface area contributed by atoms with Crippen LogP contribution in [0.2, 0.25) is 0 Å². The van der Waals surface area contributed by atoms with Crippen molar-refractivity contribution in [2.75, 3.05) is 26.7 Å². The van der Waals surface area contributed by atoms with Crippen molar-refractivity contribution in [1.29, 1.82) is 0 Å². The van der Waals surface area contributed by atoms with E-state index < -0.39 is 0 Å². The molecule has 1 rings (SSSR count). The van der Waals surface area contributed by atoms with E-state index in [4.69, 9.17) is 0 Å². The van der Waals surface area contributed by atoms with E-state index in [-0.39, 0.29) is 22.9 Å². The van der Waals surface area contributed by atoms with E-state index in [9.17, 15) is 4.79 Å². The van der Waals surface area contributed by atoms with Crippen LogP contribution in [0, 0.1) is 0 Å². The quantitative estimate of drug-likeness (QED) is 0.562. The van der Waals surface area contributed by atoms with Gasteiger partial charge in [0.15, 0.2) is 0 Å². The Morgan fingerprint density at radius 3 is 2.29 bits per heavy atom. The van der Waals surface area contributed by atoms with Gasteiger partial charge in [0.1, 0.15) is 0 Å². The number of carbonyl (C=O) groups excluding carboxylic acids is 1. The largest absolute Gasteiger partial charge is 1.00 e. The molecule has 0 aliphatic carbocycles. The summed E-state index contributed by atoms with van der Waals surface area (Å²) < 4.78 is 1.16. The van der Waals surface area contributed by atoms with Crippen molar-refractivity contribution in [2.45, 2.75) is 32.7 Å². The first-order chi connectivity index (χ1) is 6.06. The molecule has 4 heteroatoms. The van der Waals surface area contributed by atoms with Gasteiger partial charge in [0, 0.05) is 25.8 Å². The number of carbonyl (C=O) groups is 1. The number of nitrogens with one attached hydrogen (secondary N) is 1. The van der Waals surface area contributed by atoms with Gasteiger partial charge in [-0.3, -0.25) is 4.79 Å². The van der Waals surface area contributed by atoms with E-state index in [0.717, 1.165) is 17.3 Å². The predicted molar refractivity (Wildman–Crippen MR) is 53.3 cm³/mol. The van der Waals surface area contributed by atoms with Gasteiger partial charge >= 0.3 is 0 Å². The fourth-order valence-corrected chi connectivity index (χ4v) is 1.94. The van der Waals surface area contributed by atoms with Gasteiger partial charge in [0.25, 0.3) is 0 Å². The maximum absolute atomic E-state index is 10.8. The van der Waals surface area contributed by atoms with Crippen LogP contribution in [-0.4, -0.2) is 43.1 Å². The van der Waals surface area contributed by atoms with E-state index >= 15 is 0 Å². The van der Waals surface area contributed by atoms with Gasteiger partial charge in [-0.15, -0.1) is 0 Å². The molecule has 0 radical (unpaired) electrons. The van der Waals surface area contributed by atoms with E-state index in [2.05, 4.69) is 19.3 Å². The molecule has 0 unspecified atom stereocenters. The molecule has 1 heterocycles. The Balaban J connectivity index is 0.00000169. The molecule has 0 spiro atoms. The monoisotopic (exact) mass is 264 g/mol. The fourth-order valence-electron chi connectivity index (χ4n) is 1.94. The normalized spacial score (nSPS) is 31.8. The number of halogens is 1. The van der Waals surface area contributed by atoms with Crippen LogP contribution in [0.5, 0.6) is 0 Å². The molecule has 0 aromatic carbocycles. The van der Waals surface area contributed by atoms with Gasteiger partial charge in [0.05, 0.1) is 26.7 Å². The maximum atomic E-state index is 10.8. The van der Waals surface area contributed by atoms with Crippen molar-refractivity contribution in [2.24, 2.45) is 0 Å². The van der Waals surface area contributed by atoms with E-state index in [1.54, 1.807) is 6.92 Å². The molecule has 0 aromatic rings. The Labute approximate surface area is 97.2 Å². The molecule has 3 nitrogen and oxygen atoms in total. The lowest BCUT2D eigenvalue weighted by atomic mass is 10.0. The Hall–Kier alpha value is -0.0900. The third-order valence-corrected chi connectivity index (χ3v) is 3.21. The van der Waals surface area contributed by atoms with Crippen LogP contribution in [0.15, 0.2) is 0 Å². The van der Waals surface area contributed by atoms with Gasteiger partial charge < -0.3 is 26.8 Å². The SMILES string of the molecule is CC[N+]1(C)CCC(NC(C)=O)CC1.[Br-]. The summed E-state index contributed by atoms with van der Waals surface area (Å²) in [6.45, 7) is 7.43. The molecule has 1 fully saturated rings. The predicted octanol–water partition coefficient (Wildman–Crippen LogP) is -2.24. The summed E-state index contributed by atoms with van der Waals surface area (Å²) in [6.07, 6.45) is 2.26. The smallest absolute Gasteiger partial charge is 0.217 e. The highest BCUT2D eigenvalue weighted by atomic mass is 79.9. The fraction of sp³-hybridized carbons (Fsp3) is 0.900. The summed E-state index contributed by atoms with van der Waals surface area (Å²) in [4.78, 5) is 10.8. The van der Waals surface area contributed by atoms with Crippen molar-refractivity contribution in [3.05, 3.63) is 0 Å². The first-order valence-electron chi connectivity index (χ1n) is 5.16. The first kappa shape index (κ1) is 13.9. The Morgan fingerprint density at radius 2 is 1.93 bits per heavy atom. The highest BCUT2D eigenvalue weighted by Gasteiger charge is 2.28. The molecule has 0 bridgehead atoms. The van der Waals surface area contributed by atoms with Gasteiger partial charge in [0.2, 0.25) is 5.91 Å². The molecular formula is C10H21BrN2O. The number of likely N-dealkylation sites (tertiary alicyclic amines) is 1. The van der Waals surface area contributed by atoms with Gasteiger partial charge in [-0.1, -0.05) is 0 Å². The lowest BCUT2D eigenvalue weighted by molar-refractivity contribution is -0.912. The molecule has 0 atom stereocenters. The molecule has 14 heavy (non-hydrogen) atoms. The zero-order valence-electron chi connectivity index (χ0n) is 9.35. The van der Waals surface area contributed by atoms with E-state index in [1.807, 2.05) is 0 Å². The summed E-state index contributed by atoms with van der Waals surface area (Å²) in [5.74, 6) is 0.109. The minimum Gasteiger partial charge on any atom is -1.00 e. The maximum Gasteiger partial charge on any atom is 0.217 e. The zero-order valence-corrected chi connectivity index (χ0v) is 10.9. The molecule has 0 saturated carbocycles. The molecule has 84 valence electrons. The van der Waals surface area contributed by atoms with Crippen molar-refractivity contribution < 1.29 is 26.3 Å². The minimum atomic E-state index is 0. The van der Waals surface area contributed by atoms with Crippen molar-refractivity contribution >= 4 is 5.91 Å². The summed E-state index contributed by atoms with van der Waals surface area (Å²) in [5.41, 5.74) is 0. The summed E-state index contributed by atoms with van der Waals surface area (Å²) in [5, 5.41) is 2.99. The minimum absolute atomic E-state index is 0. The Bertz CT molecular complexity index is 189. The molecule has 1 amide bonds. The second-order valence-corrected chi connectivity index (χ2v) is 4.36. The van der Waals surface area contributed by atoms with Crippen LogP contribution >= 0.6 is 0 Å². The van der Waals surface area contributed by atoms with Crippen molar-refractivity contribution in [1.82, 2.24) is 5.32 Å². The highest BCUT2D eigenvalue weighted by molar-refractivity contribution is 5.73. The summed E-state index contributed by atoms with van der Waals surface area (Å²) in [7, 11) is 2.30. The second kappa shape index (κ2) is 5.71. The average Bonchev–Trinajstić information content (AvgIpc) is 2.09. The number of quaternary nitrogens is 1. The molecule has 1 aliphatic rings. The number of piperidine rings is 1. The number of nitrogens with zero attached hydrogens (tertiary/aromatic N) is 1. The third-order valence-electron chi connectivity index (χ3n) is 3.21. The van der Waals surface area contributed by atoms with Crippen LogP contribution in [0.4, 0.5) is 0 Å². The third kappa shape index (κ3) is 3.96. The zero-order chi connectivity index (χ0) is 9.90. The summed E-state index contributed by atoms with van der Waals surface area (Å²) in [6, 6.07) is 0.426. The van der Waals surface area contributed by atoms with Crippen LogP contribution in [0.25, 0.3) is 0 Å². The van der Waals surface area contributed by atoms with Crippen LogP contribution in [0.3, 0.4) is 0 Å². The van der Waals surface area contributed by atoms with E-state index in [1.165, 1.54) is 19.6 Å². The molecule has 1 N–H and O–H groups in total. The first-order valence-corrected chi connectivity index (χ1v) is 5.16. The van der Waals surface area contributed by atoms with Gasteiger partial charge in [-0.05, 0) is 6.92 Å². The molecule has 1 saturated heterocycles. The standard InChI is InChI=1S/C10H20N2O.BrH/c1-4-12(3)7-5-10(6-8-12)11-9(2)13;/h10H,4-8H2,1-3H3;1H. The Kier molecular flexibility index (Phi) is 5.67. The lowest BCUT2D eigenvalue weighted by Gasteiger charge is -2.39. The van der Waals surface area contributed by atoms with Crippen LogP contribution < -0.4 is 22.3 Å². The lowest BCUT2D eigenvalue weighted by Crippen LogP contribution is -3.00. The topological polar surface area (TPSA) is 29.1 Å². The van der Waals surface area contributed by atoms with Crippen molar-refractivity contribution in [3.8, 4) is 0 Å². The van der Waals surface area contributed by atoms with Crippen molar-refractivity contribution in [3.63, 3.8) is 0 Å². The van der Waals surface area contributed by atoms with E-state index in [0.29, 0.717) is 6.04 Å². The Morgan fingerprint density at radius 1 is 1.43 bits per heavy atom. The van der Waals surface area contributed by atoms with Crippen LogP contribution in [-0.2, 0) is 4.79 Å². The number of amides is 1. The van der Waals surface area contributed by atoms with Crippen LogP contribution in [0.1, 0.15) is 26.7 Å². The summed E-state index contributed by atoms with van der Waals surface area (Å²) >= 11 is 0. The van der Waals surface area contributed by atoms with Gasteiger partial charge in [-0.2, -0.15) is 0 Å². The molecular weight excluding hydrogens is 244 g/mol. The second-order valence-electron chi connectivity index (χ2n) is 4.36. The number of rotatable bonds is 2. The number of hydrogen-bond donors (Lipinski definition) is 1. The average molecular weight is 265 g/mol. The highest BCUT2D eigenvalue weighted by Crippen LogP contribution is 2.16. The molecule has 0 aromatic heterocycles. The van der Waals surface area contributed by atoms with Gasteiger partial charge in [-0.25, -0.2) is 0 Å². The number of hydrogen-bond acceptors (Lipinski definition) is 1.